The van der Waals surface area contributed by atoms with Gasteiger partial charge < -0.3 is 5.11 Å². The third-order valence-corrected chi connectivity index (χ3v) is 7.35. The molecular weight excluding hydrogens is 348 g/mol. The highest BCUT2D eigenvalue weighted by atomic mass is 16.4. The Hall–Kier alpha value is -1.90. The predicted molar refractivity (Wildman–Crippen MR) is 112 cm³/mol. The highest BCUT2D eigenvalue weighted by Gasteiger charge is 2.49. The Bertz CT molecular complexity index is 772. The van der Waals surface area contributed by atoms with Gasteiger partial charge in [0.05, 0.1) is 5.92 Å². The number of carboxylic acid groups (broad SMARTS) is 1. The molecule has 152 valence electrons. The third kappa shape index (κ3) is 3.68. The molecule has 1 saturated carbocycles. The highest BCUT2D eigenvalue weighted by Crippen LogP contribution is 2.51. The van der Waals surface area contributed by atoms with Crippen molar-refractivity contribution < 1.29 is 14.7 Å². The lowest BCUT2D eigenvalue weighted by molar-refractivity contribution is -0.145. The van der Waals surface area contributed by atoms with Gasteiger partial charge in [-0.1, -0.05) is 77.4 Å². The smallest absolute Gasteiger partial charge is 0.311 e. The second-order valence-electron chi connectivity index (χ2n) is 10.2. The summed E-state index contributed by atoms with van der Waals surface area (Å²) < 4.78 is 0. The van der Waals surface area contributed by atoms with E-state index in [1.807, 2.05) is 26.0 Å². The van der Waals surface area contributed by atoms with Crippen LogP contribution in [0.1, 0.15) is 65.9 Å². The SMILES string of the molecule is CC1CCC(C(C)(C)c2ccccc2)C(C(C(=O)O)C2=CCC(C)(C)C2=O)C1. The third-order valence-electron chi connectivity index (χ3n) is 7.35. The van der Waals surface area contributed by atoms with Crippen molar-refractivity contribution in [2.24, 2.45) is 29.1 Å². The fraction of sp³-hybridized carbons (Fsp3) is 0.600. The number of carbonyl (C=O) groups is 2. The van der Waals surface area contributed by atoms with E-state index in [1.165, 1.54) is 5.56 Å². The minimum Gasteiger partial charge on any atom is -0.481 e. The summed E-state index contributed by atoms with van der Waals surface area (Å²) in [5.41, 5.74) is 1.17. The second-order valence-corrected chi connectivity index (χ2v) is 10.2. The summed E-state index contributed by atoms with van der Waals surface area (Å²) in [6.07, 6.45) is 5.53. The number of carbonyl (C=O) groups excluding carboxylic acids is 1. The maximum Gasteiger partial charge on any atom is 0.311 e. The van der Waals surface area contributed by atoms with Crippen molar-refractivity contribution in [3.8, 4) is 0 Å². The van der Waals surface area contributed by atoms with Gasteiger partial charge in [-0.15, -0.1) is 0 Å². The standard InChI is InChI=1S/C25H34O3/c1-16-11-12-20(25(4,5)17-9-7-6-8-10-17)19(15-16)21(23(27)28)18-13-14-24(2,3)22(18)26/h6-10,13,16,19-21H,11-12,14-15H2,1-5H3,(H,27,28). The molecule has 0 amide bonds. The van der Waals surface area contributed by atoms with Crippen LogP contribution < -0.4 is 0 Å². The average Bonchev–Trinajstić information content (AvgIpc) is 2.89. The molecule has 3 nitrogen and oxygen atoms in total. The maximum atomic E-state index is 13.0. The summed E-state index contributed by atoms with van der Waals surface area (Å²) in [4.78, 5) is 25.5. The van der Waals surface area contributed by atoms with E-state index in [0.717, 1.165) is 19.3 Å². The normalized spacial score (nSPS) is 28.7. The quantitative estimate of drug-likeness (QED) is 0.716. The number of carboxylic acids is 1. The molecule has 0 aromatic heterocycles. The fourth-order valence-electron chi connectivity index (χ4n) is 5.53. The van der Waals surface area contributed by atoms with Gasteiger partial charge in [0.1, 0.15) is 0 Å². The van der Waals surface area contributed by atoms with Gasteiger partial charge in [0, 0.05) is 11.0 Å². The molecule has 0 radical (unpaired) electrons. The number of benzene rings is 1. The van der Waals surface area contributed by atoms with E-state index < -0.39 is 17.3 Å². The Morgan fingerprint density at radius 2 is 1.82 bits per heavy atom. The molecule has 1 N–H and O–H groups in total. The fourth-order valence-corrected chi connectivity index (χ4v) is 5.53. The summed E-state index contributed by atoms with van der Waals surface area (Å²) in [5, 5.41) is 10.2. The molecule has 1 aromatic rings. The van der Waals surface area contributed by atoms with E-state index in [9.17, 15) is 14.7 Å². The molecule has 0 spiro atoms. The highest BCUT2D eigenvalue weighted by molar-refractivity contribution is 6.05. The van der Waals surface area contributed by atoms with Crippen molar-refractivity contribution in [3.05, 3.63) is 47.5 Å². The van der Waals surface area contributed by atoms with Crippen LogP contribution in [-0.4, -0.2) is 16.9 Å². The largest absolute Gasteiger partial charge is 0.481 e. The Labute approximate surface area is 169 Å². The summed E-state index contributed by atoms with van der Waals surface area (Å²) >= 11 is 0. The molecular formula is C25H34O3. The van der Waals surface area contributed by atoms with Gasteiger partial charge >= 0.3 is 5.97 Å². The molecule has 0 saturated heterocycles. The first-order valence-electron chi connectivity index (χ1n) is 10.6. The first-order chi connectivity index (χ1) is 13.1. The predicted octanol–water partition coefficient (Wildman–Crippen LogP) is 5.64. The van der Waals surface area contributed by atoms with Crippen LogP contribution >= 0.6 is 0 Å². The minimum atomic E-state index is -0.842. The maximum absolute atomic E-state index is 13.0. The van der Waals surface area contributed by atoms with Crippen molar-refractivity contribution in [3.63, 3.8) is 0 Å². The zero-order valence-corrected chi connectivity index (χ0v) is 17.9. The van der Waals surface area contributed by atoms with Crippen LogP contribution in [0.5, 0.6) is 0 Å². The van der Waals surface area contributed by atoms with Gasteiger partial charge in [-0.25, -0.2) is 0 Å². The summed E-state index contributed by atoms with van der Waals surface area (Å²) in [5.74, 6) is -0.838. The molecule has 1 aromatic carbocycles. The molecule has 4 atom stereocenters. The number of rotatable bonds is 5. The molecule has 0 heterocycles. The number of aliphatic carboxylic acids is 1. The molecule has 2 aliphatic carbocycles. The molecule has 0 aliphatic heterocycles. The van der Waals surface area contributed by atoms with Crippen LogP contribution in [0.25, 0.3) is 0 Å². The van der Waals surface area contributed by atoms with E-state index in [1.54, 1.807) is 0 Å². The van der Waals surface area contributed by atoms with Crippen molar-refractivity contribution in [2.75, 3.05) is 0 Å². The van der Waals surface area contributed by atoms with E-state index in [0.29, 0.717) is 17.9 Å². The molecule has 3 rings (SSSR count). The Morgan fingerprint density at radius 1 is 1.18 bits per heavy atom. The van der Waals surface area contributed by atoms with E-state index >= 15 is 0 Å². The Morgan fingerprint density at radius 3 is 2.36 bits per heavy atom. The molecule has 28 heavy (non-hydrogen) atoms. The molecule has 1 fully saturated rings. The van der Waals surface area contributed by atoms with E-state index in [-0.39, 0.29) is 23.0 Å². The van der Waals surface area contributed by atoms with Crippen LogP contribution in [-0.2, 0) is 15.0 Å². The number of hydrogen-bond acceptors (Lipinski definition) is 2. The van der Waals surface area contributed by atoms with Crippen molar-refractivity contribution in [2.45, 2.75) is 65.7 Å². The molecule has 0 bridgehead atoms. The second kappa shape index (κ2) is 7.50. The zero-order chi connectivity index (χ0) is 20.7. The Kier molecular flexibility index (Phi) is 5.58. The molecule has 2 aliphatic rings. The van der Waals surface area contributed by atoms with Crippen LogP contribution in [0.3, 0.4) is 0 Å². The summed E-state index contributed by atoms with van der Waals surface area (Å²) in [6.45, 7) is 10.5. The van der Waals surface area contributed by atoms with Crippen LogP contribution in [0.2, 0.25) is 0 Å². The lowest BCUT2D eigenvalue weighted by atomic mass is 9.57. The minimum absolute atomic E-state index is 0.0226. The van der Waals surface area contributed by atoms with Gasteiger partial charge in [-0.3, -0.25) is 9.59 Å². The van der Waals surface area contributed by atoms with Gasteiger partial charge in [0.2, 0.25) is 0 Å². The first kappa shape index (κ1) is 20.8. The van der Waals surface area contributed by atoms with E-state index in [2.05, 4.69) is 45.0 Å². The van der Waals surface area contributed by atoms with Crippen molar-refractivity contribution in [1.29, 1.82) is 0 Å². The monoisotopic (exact) mass is 382 g/mol. The first-order valence-corrected chi connectivity index (χ1v) is 10.6. The molecule has 4 unspecified atom stereocenters. The zero-order valence-electron chi connectivity index (χ0n) is 17.9. The average molecular weight is 383 g/mol. The summed E-state index contributed by atoms with van der Waals surface area (Å²) in [7, 11) is 0. The number of Topliss-reactive ketones (excluding diaryl/α,β-unsaturated/α-hetero) is 1. The lowest BCUT2D eigenvalue weighted by Crippen LogP contribution is -2.44. The van der Waals surface area contributed by atoms with Gasteiger partial charge in [-0.05, 0) is 48.0 Å². The van der Waals surface area contributed by atoms with Crippen LogP contribution in [0, 0.1) is 29.1 Å². The summed E-state index contributed by atoms with van der Waals surface area (Å²) in [6, 6.07) is 10.4. The van der Waals surface area contributed by atoms with Gasteiger partial charge in [0.15, 0.2) is 5.78 Å². The Balaban J connectivity index is 2.01. The molecule has 3 heteroatoms. The van der Waals surface area contributed by atoms with Crippen LogP contribution in [0.15, 0.2) is 42.0 Å². The van der Waals surface area contributed by atoms with E-state index in [4.69, 9.17) is 0 Å². The lowest BCUT2D eigenvalue weighted by Gasteiger charge is -2.47. The topological polar surface area (TPSA) is 54.4 Å². The number of allylic oxidation sites excluding steroid dienone is 1. The van der Waals surface area contributed by atoms with Gasteiger partial charge in [0.25, 0.3) is 0 Å². The number of ketones is 1. The van der Waals surface area contributed by atoms with Crippen molar-refractivity contribution >= 4 is 11.8 Å². The number of hydrogen-bond donors (Lipinski definition) is 1. The van der Waals surface area contributed by atoms with Crippen LogP contribution in [0.4, 0.5) is 0 Å². The van der Waals surface area contributed by atoms with Gasteiger partial charge in [-0.2, -0.15) is 0 Å². The van der Waals surface area contributed by atoms with Crippen molar-refractivity contribution in [1.82, 2.24) is 0 Å².